The van der Waals surface area contributed by atoms with Crippen molar-refractivity contribution >= 4 is 49.0 Å². The summed E-state index contributed by atoms with van der Waals surface area (Å²) in [6.45, 7) is 3.36. The fraction of sp³-hybridized carbons (Fsp3) is 0.276. The van der Waals surface area contributed by atoms with Gasteiger partial charge >= 0.3 is 8.25 Å². The highest BCUT2D eigenvalue weighted by Crippen LogP contribution is 2.37. The van der Waals surface area contributed by atoms with Gasteiger partial charge in [-0.3, -0.25) is 9.36 Å². The minimum absolute atomic E-state index is 0.122. The van der Waals surface area contributed by atoms with Crippen molar-refractivity contribution in [2.45, 2.75) is 31.5 Å². The monoisotopic (exact) mass is 617 g/mol. The Morgan fingerprint density at radius 3 is 2.50 bits per heavy atom. The lowest BCUT2D eigenvalue weighted by molar-refractivity contribution is -0.137. The van der Waals surface area contributed by atoms with Crippen LogP contribution in [0.4, 0.5) is 11.5 Å². The maximum atomic E-state index is 13.2. The molecule has 1 aliphatic heterocycles. The second-order valence-electron chi connectivity index (χ2n) is 9.86. The summed E-state index contributed by atoms with van der Waals surface area (Å²) in [5.41, 5.74) is 9.93. The highest BCUT2D eigenvalue weighted by molar-refractivity contribution is 7.32. The van der Waals surface area contributed by atoms with E-state index in [1.807, 2.05) is 55.5 Å². The lowest BCUT2D eigenvalue weighted by Gasteiger charge is -2.24. The highest BCUT2D eigenvalue weighted by atomic mass is 31.1. The summed E-state index contributed by atoms with van der Waals surface area (Å²) in [7, 11) is -3.15. The van der Waals surface area contributed by atoms with E-state index < -0.39 is 38.7 Å². The Bertz CT molecular complexity index is 1710. The molecule has 1 aliphatic rings. The molecule has 0 radical (unpaired) electrons. The molecule has 0 aliphatic carbocycles. The largest absolute Gasteiger partial charge is 0.695 e. The number of hydrogen-bond acceptors (Lipinski definition) is 11. The summed E-state index contributed by atoms with van der Waals surface area (Å²) in [4.78, 5) is 36.8. The Morgan fingerprint density at radius 2 is 1.86 bits per heavy atom. The fourth-order valence-corrected chi connectivity index (χ4v) is 5.35. The van der Waals surface area contributed by atoms with Gasteiger partial charge < -0.3 is 25.8 Å². The molecule has 0 bridgehead atoms. The lowest BCUT2D eigenvalue weighted by Crippen LogP contribution is -2.45. The third-order valence-electron chi connectivity index (χ3n) is 7.17. The summed E-state index contributed by atoms with van der Waals surface area (Å²) < 4.78 is 23.8. The Morgan fingerprint density at radius 1 is 1.18 bits per heavy atom. The van der Waals surface area contributed by atoms with Crippen LogP contribution in [0.15, 0.2) is 61.2 Å². The SMILES string of the molecule is CCN(CCNC(=O)[C@H]1O[C@@H](n2cnc3c(N)ncnc32)[C@H](O)[C@@H]1O[P+](=O)O)c1ccc(/C=C/c2ccc(C#N)cc2)cc1. The first-order valence-corrected chi connectivity index (χ1v) is 14.8. The molecule has 44 heavy (non-hydrogen) atoms. The van der Waals surface area contributed by atoms with Gasteiger partial charge in [0.15, 0.2) is 29.9 Å². The molecule has 1 unspecified atom stereocenters. The first-order chi connectivity index (χ1) is 21.3. The van der Waals surface area contributed by atoms with E-state index in [0.29, 0.717) is 18.7 Å². The molecule has 1 amide bonds. The molecule has 226 valence electrons. The van der Waals surface area contributed by atoms with E-state index in [1.54, 1.807) is 12.1 Å². The first kappa shape index (κ1) is 30.7. The Kier molecular flexibility index (Phi) is 9.54. The van der Waals surface area contributed by atoms with E-state index in [1.165, 1.54) is 17.2 Å². The predicted octanol–water partition coefficient (Wildman–Crippen LogP) is 2.39. The summed E-state index contributed by atoms with van der Waals surface area (Å²) in [5.74, 6) is -0.497. The van der Waals surface area contributed by atoms with Crippen LogP contribution in [-0.4, -0.2) is 73.4 Å². The average Bonchev–Trinajstić information content (AvgIpc) is 3.60. The topological polar surface area (TPSA) is 202 Å². The van der Waals surface area contributed by atoms with E-state index in [2.05, 4.69) is 31.2 Å². The Hall–Kier alpha value is -4.77. The van der Waals surface area contributed by atoms with Crippen molar-refractivity contribution in [2.75, 3.05) is 30.3 Å². The quantitative estimate of drug-likeness (QED) is 0.142. The van der Waals surface area contributed by atoms with Crippen molar-refractivity contribution in [1.82, 2.24) is 24.8 Å². The molecule has 2 aromatic heterocycles. The Balaban J connectivity index is 1.21. The fourth-order valence-electron chi connectivity index (χ4n) is 4.91. The number of hydrogen-bond donors (Lipinski definition) is 4. The highest BCUT2D eigenvalue weighted by Gasteiger charge is 2.53. The number of anilines is 2. The van der Waals surface area contributed by atoms with Gasteiger partial charge in [0.05, 0.1) is 18.0 Å². The van der Waals surface area contributed by atoms with E-state index in [4.69, 9.17) is 20.3 Å². The van der Waals surface area contributed by atoms with Crippen molar-refractivity contribution in [1.29, 1.82) is 5.26 Å². The Labute approximate surface area is 253 Å². The minimum atomic E-state index is -3.15. The molecule has 4 aromatic rings. The van der Waals surface area contributed by atoms with Crippen LogP contribution in [0.3, 0.4) is 0 Å². The molecule has 5 atom stereocenters. The number of benzene rings is 2. The van der Waals surface area contributed by atoms with Crippen LogP contribution in [0.25, 0.3) is 23.3 Å². The van der Waals surface area contributed by atoms with Crippen LogP contribution in [0.5, 0.6) is 0 Å². The predicted molar refractivity (Wildman–Crippen MR) is 162 cm³/mol. The number of nitriles is 1. The van der Waals surface area contributed by atoms with Crippen molar-refractivity contribution in [3.05, 3.63) is 77.9 Å². The van der Waals surface area contributed by atoms with Gasteiger partial charge in [-0.15, -0.1) is 9.42 Å². The average molecular weight is 618 g/mol. The molecule has 0 saturated carbocycles. The first-order valence-electron chi connectivity index (χ1n) is 13.7. The third kappa shape index (κ3) is 6.73. The van der Waals surface area contributed by atoms with Crippen molar-refractivity contribution in [2.24, 2.45) is 0 Å². The summed E-state index contributed by atoms with van der Waals surface area (Å²) in [6.07, 6.45) is 0.987. The minimum Gasteiger partial charge on any atom is -0.385 e. The number of fused-ring (bicyclic) bond motifs is 1. The third-order valence-corrected chi connectivity index (χ3v) is 7.60. The van der Waals surface area contributed by atoms with Gasteiger partial charge in [-0.25, -0.2) is 15.0 Å². The van der Waals surface area contributed by atoms with Crippen molar-refractivity contribution in [3.63, 3.8) is 0 Å². The number of carbonyl (C=O) groups excluding carboxylic acids is 1. The maximum Gasteiger partial charge on any atom is 0.695 e. The number of nitrogens with one attached hydrogen (secondary N) is 1. The summed E-state index contributed by atoms with van der Waals surface area (Å²) in [6, 6.07) is 17.4. The molecule has 1 saturated heterocycles. The van der Waals surface area contributed by atoms with E-state index in [0.717, 1.165) is 16.8 Å². The molecule has 3 heterocycles. The van der Waals surface area contributed by atoms with Crippen LogP contribution >= 0.6 is 8.25 Å². The number of likely N-dealkylation sites (N-methyl/N-ethyl adjacent to an activating group) is 1. The number of carbonyl (C=O) groups is 1. The number of nitrogens with two attached hydrogens (primary N) is 1. The zero-order valence-corrected chi connectivity index (χ0v) is 24.5. The van der Waals surface area contributed by atoms with Crippen molar-refractivity contribution in [3.8, 4) is 6.07 Å². The summed E-state index contributed by atoms with van der Waals surface area (Å²) in [5, 5.41) is 22.7. The number of amides is 1. The van der Waals surface area contributed by atoms with Crippen molar-refractivity contribution < 1.29 is 28.6 Å². The van der Waals surface area contributed by atoms with Crippen LogP contribution in [0.1, 0.15) is 29.8 Å². The van der Waals surface area contributed by atoms with Gasteiger partial charge in [-0.05, 0) is 42.3 Å². The van der Waals surface area contributed by atoms with Gasteiger partial charge in [0, 0.05) is 29.9 Å². The van der Waals surface area contributed by atoms with Gasteiger partial charge in [0.1, 0.15) is 17.9 Å². The maximum absolute atomic E-state index is 13.2. The molecular weight excluding hydrogens is 587 g/mol. The number of nitrogen functional groups attached to an aromatic ring is 1. The smallest absolute Gasteiger partial charge is 0.385 e. The second-order valence-corrected chi connectivity index (χ2v) is 10.5. The number of aliphatic hydroxyl groups excluding tert-OH is 1. The molecule has 2 aromatic carbocycles. The molecular formula is C29H30N8O6P+. The zero-order valence-electron chi connectivity index (χ0n) is 23.6. The number of imidazole rings is 1. The van der Waals surface area contributed by atoms with Crippen LogP contribution in [0.2, 0.25) is 0 Å². The number of aliphatic hydroxyl groups is 1. The van der Waals surface area contributed by atoms with E-state index in [9.17, 15) is 19.4 Å². The van der Waals surface area contributed by atoms with E-state index >= 15 is 0 Å². The molecule has 5 rings (SSSR count). The number of ether oxygens (including phenoxy) is 1. The molecule has 5 N–H and O–H groups in total. The molecule has 15 heteroatoms. The van der Waals surface area contributed by atoms with Gasteiger partial charge in [0.25, 0.3) is 5.91 Å². The number of rotatable bonds is 11. The lowest BCUT2D eigenvalue weighted by atomic mass is 10.1. The summed E-state index contributed by atoms with van der Waals surface area (Å²) >= 11 is 0. The molecule has 1 fully saturated rings. The van der Waals surface area contributed by atoms with Crippen LogP contribution in [-0.2, 0) is 18.6 Å². The normalized spacial score (nSPS) is 20.1. The van der Waals surface area contributed by atoms with Gasteiger partial charge in [-0.2, -0.15) is 5.26 Å². The number of aromatic nitrogens is 4. The standard InChI is InChI=1S/C29H29N8O6P/c1-2-36(21-11-9-19(10-12-21)4-3-18-5-7-20(15-30)8-6-18)14-13-32-28(39)25-24(43-44(40)41)23(38)29(42-25)37-17-35-22-26(31)33-16-34-27(22)37/h3-12,16-17,23-25,29,38H,2,13-14H2,1H3,(H3-,31,32,33,34,39,40,41)/p+1/b4-3+/t23-,24+,25+,29-/m1/s1. The molecule has 0 spiro atoms. The zero-order chi connectivity index (χ0) is 31.2. The van der Waals surface area contributed by atoms with Gasteiger partial charge in [-0.1, -0.05) is 36.4 Å². The second kappa shape index (κ2) is 13.7. The van der Waals surface area contributed by atoms with Crippen LogP contribution in [0, 0.1) is 11.3 Å². The number of nitrogens with zero attached hydrogens (tertiary/aromatic N) is 6. The van der Waals surface area contributed by atoms with E-state index in [-0.39, 0.29) is 23.5 Å². The van der Waals surface area contributed by atoms with Gasteiger partial charge in [0.2, 0.25) is 0 Å². The van der Waals surface area contributed by atoms with Crippen LogP contribution < -0.4 is 16.0 Å². The molecule has 14 nitrogen and oxygen atoms in total.